The molecule has 162 valence electrons. The molecule has 1 aliphatic heterocycles. The van der Waals surface area contributed by atoms with Gasteiger partial charge in [0.25, 0.3) is 5.56 Å². The Hall–Kier alpha value is -1.30. The number of thioether (sulfide) groups is 1. The first-order valence-corrected chi connectivity index (χ1v) is 12.6. The average Bonchev–Trinajstić information content (AvgIpc) is 3.07. The second-order valence-electron chi connectivity index (χ2n) is 9.02. The third-order valence-electron chi connectivity index (χ3n) is 6.19. The van der Waals surface area contributed by atoms with E-state index in [2.05, 4.69) is 10.3 Å². The van der Waals surface area contributed by atoms with Crippen LogP contribution in [-0.2, 0) is 4.79 Å². The smallest absolute Gasteiger partial charge is 0.254 e. The maximum absolute atomic E-state index is 12.8. The van der Waals surface area contributed by atoms with E-state index in [1.807, 2.05) is 13.8 Å². The maximum atomic E-state index is 12.8. The second kappa shape index (κ2) is 11.2. The lowest BCUT2D eigenvalue weighted by molar-refractivity contribution is -0.122. The topological polar surface area (TPSA) is 64.0 Å². The van der Waals surface area contributed by atoms with Gasteiger partial charge in [-0.15, -0.1) is 0 Å². The van der Waals surface area contributed by atoms with Crippen LogP contribution in [0.3, 0.4) is 0 Å². The van der Waals surface area contributed by atoms with E-state index in [-0.39, 0.29) is 29.5 Å². The molecule has 0 bridgehead atoms. The molecule has 1 N–H and O–H groups in total. The number of carbonyl (C=O) groups is 1. The van der Waals surface area contributed by atoms with Crippen LogP contribution < -0.4 is 10.9 Å². The molecule has 2 heterocycles. The van der Waals surface area contributed by atoms with Gasteiger partial charge in [-0.3, -0.25) is 14.2 Å². The molecule has 1 unspecified atom stereocenters. The van der Waals surface area contributed by atoms with Crippen LogP contribution in [0.25, 0.3) is 0 Å². The van der Waals surface area contributed by atoms with Gasteiger partial charge >= 0.3 is 0 Å². The highest BCUT2D eigenvalue weighted by Gasteiger charge is 2.28. The van der Waals surface area contributed by atoms with Crippen LogP contribution >= 0.6 is 11.8 Å². The van der Waals surface area contributed by atoms with E-state index in [4.69, 9.17) is 0 Å². The second-order valence-corrected chi connectivity index (χ2v) is 10.0. The number of nitrogens with zero attached hydrogens (tertiary/aromatic N) is 2. The molecule has 2 aliphatic rings. The zero-order valence-electron chi connectivity index (χ0n) is 18.1. The fourth-order valence-corrected chi connectivity index (χ4v) is 5.58. The van der Waals surface area contributed by atoms with Gasteiger partial charge in [-0.25, -0.2) is 4.98 Å². The highest BCUT2D eigenvalue weighted by molar-refractivity contribution is 7.99. The zero-order valence-corrected chi connectivity index (χ0v) is 18.9. The third kappa shape index (κ3) is 6.59. The van der Waals surface area contributed by atoms with Crippen molar-refractivity contribution in [2.45, 2.75) is 114 Å². The summed E-state index contributed by atoms with van der Waals surface area (Å²) in [5.41, 5.74) is 0.819. The van der Waals surface area contributed by atoms with Gasteiger partial charge in [0.1, 0.15) is 0 Å². The van der Waals surface area contributed by atoms with Gasteiger partial charge in [-0.1, -0.05) is 83.4 Å². The lowest BCUT2D eigenvalue weighted by Gasteiger charge is -2.21. The van der Waals surface area contributed by atoms with E-state index in [0.717, 1.165) is 29.4 Å². The Bertz CT molecular complexity index is 719. The van der Waals surface area contributed by atoms with Crippen LogP contribution in [0.15, 0.2) is 16.0 Å². The number of fused-ring (bicyclic) bond motifs is 1. The van der Waals surface area contributed by atoms with Gasteiger partial charge in [0.2, 0.25) is 5.91 Å². The monoisotopic (exact) mass is 419 g/mol. The molecule has 1 atom stereocenters. The molecule has 6 heteroatoms. The number of nitrogens with one attached hydrogen (secondary N) is 1. The number of hydrogen-bond acceptors (Lipinski definition) is 4. The summed E-state index contributed by atoms with van der Waals surface area (Å²) in [6.07, 6.45) is 14.2. The summed E-state index contributed by atoms with van der Waals surface area (Å²) in [6.45, 7) is 4.10. The van der Waals surface area contributed by atoms with E-state index < -0.39 is 0 Å². The molecule has 0 aromatic carbocycles. The van der Waals surface area contributed by atoms with Gasteiger partial charge in [0.15, 0.2) is 5.16 Å². The lowest BCUT2D eigenvalue weighted by Crippen LogP contribution is -2.37. The molecule has 3 rings (SSSR count). The predicted molar refractivity (Wildman–Crippen MR) is 120 cm³/mol. The number of rotatable bonds is 4. The average molecular weight is 420 g/mol. The van der Waals surface area contributed by atoms with Crippen LogP contribution in [-0.4, -0.2) is 27.3 Å². The van der Waals surface area contributed by atoms with Crippen LogP contribution in [0.2, 0.25) is 0 Å². The molecule has 1 aromatic heterocycles. The largest absolute Gasteiger partial charge is 0.353 e. The molecular weight excluding hydrogens is 382 g/mol. The van der Waals surface area contributed by atoms with Crippen molar-refractivity contribution in [3.8, 4) is 0 Å². The molecule has 5 nitrogen and oxygen atoms in total. The van der Waals surface area contributed by atoms with Gasteiger partial charge in [-0.2, -0.15) is 0 Å². The Morgan fingerprint density at radius 3 is 2.28 bits per heavy atom. The molecule has 1 fully saturated rings. The van der Waals surface area contributed by atoms with E-state index in [1.54, 1.807) is 22.4 Å². The maximum Gasteiger partial charge on any atom is 0.254 e. The lowest BCUT2D eigenvalue weighted by atomic mass is 9.97. The Labute approximate surface area is 179 Å². The van der Waals surface area contributed by atoms with Crippen molar-refractivity contribution in [1.82, 2.24) is 14.9 Å². The highest BCUT2D eigenvalue weighted by atomic mass is 32.2. The Kier molecular flexibility index (Phi) is 8.64. The summed E-state index contributed by atoms with van der Waals surface area (Å²) in [5.74, 6) is 1.07. The molecule has 0 radical (unpaired) electrons. The van der Waals surface area contributed by atoms with Crippen molar-refractivity contribution in [3.05, 3.63) is 22.1 Å². The number of amides is 1. The van der Waals surface area contributed by atoms with E-state index in [9.17, 15) is 9.59 Å². The van der Waals surface area contributed by atoms with Crippen molar-refractivity contribution in [1.29, 1.82) is 0 Å². The molecule has 0 saturated heterocycles. The molecule has 1 aliphatic carbocycles. The molecule has 29 heavy (non-hydrogen) atoms. The third-order valence-corrected chi connectivity index (χ3v) is 7.29. The quantitative estimate of drug-likeness (QED) is 0.682. The fraction of sp³-hybridized carbons (Fsp3) is 0.783. The van der Waals surface area contributed by atoms with Crippen molar-refractivity contribution in [2.75, 3.05) is 5.75 Å². The number of hydrogen-bond donors (Lipinski definition) is 1. The molecule has 0 spiro atoms. The normalized spacial score (nSPS) is 22.0. The van der Waals surface area contributed by atoms with E-state index >= 15 is 0 Å². The number of aromatic nitrogens is 2. The summed E-state index contributed by atoms with van der Waals surface area (Å²) in [6, 6.07) is 1.84. The van der Waals surface area contributed by atoms with Gasteiger partial charge < -0.3 is 5.32 Å². The summed E-state index contributed by atoms with van der Waals surface area (Å²) < 4.78 is 1.73. The minimum absolute atomic E-state index is 0.0208. The van der Waals surface area contributed by atoms with Gasteiger partial charge in [-0.05, 0) is 18.8 Å². The highest BCUT2D eigenvalue weighted by Crippen LogP contribution is 2.32. The Balaban J connectivity index is 1.57. The summed E-state index contributed by atoms with van der Waals surface area (Å²) in [5, 5.41) is 4.06. The van der Waals surface area contributed by atoms with Crippen molar-refractivity contribution >= 4 is 17.7 Å². The molecule has 1 amide bonds. The summed E-state index contributed by atoms with van der Waals surface area (Å²) >= 11 is 1.60. The van der Waals surface area contributed by atoms with Gasteiger partial charge in [0.05, 0.1) is 11.7 Å². The molecule has 1 aromatic rings. The van der Waals surface area contributed by atoms with E-state index in [1.165, 1.54) is 57.8 Å². The van der Waals surface area contributed by atoms with Crippen molar-refractivity contribution < 1.29 is 4.79 Å². The molecular formula is C23H37N3O2S. The summed E-state index contributed by atoms with van der Waals surface area (Å²) in [7, 11) is 0. The van der Waals surface area contributed by atoms with Crippen LogP contribution in [0.4, 0.5) is 0 Å². The zero-order chi connectivity index (χ0) is 20.6. The minimum atomic E-state index is -0.0811. The minimum Gasteiger partial charge on any atom is -0.353 e. The first-order valence-electron chi connectivity index (χ1n) is 11.6. The first kappa shape index (κ1) is 22.4. The van der Waals surface area contributed by atoms with Crippen molar-refractivity contribution in [3.63, 3.8) is 0 Å². The van der Waals surface area contributed by atoms with Crippen LogP contribution in [0, 0.1) is 0 Å². The Morgan fingerprint density at radius 1 is 1.10 bits per heavy atom. The summed E-state index contributed by atoms with van der Waals surface area (Å²) in [4.78, 5) is 30.0. The van der Waals surface area contributed by atoms with Gasteiger partial charge in [0, 0.05) is 24.3 Å². The fourth-order valence-electron chi connectivity index (χ4n) is 4.42. The first-order chi connectivity index (χ1) is 14.0. The standard InChI is InChI=1S/C23H37N3O2S/c1-17(2)20-15-22(28)26-19(16-29-23(26)25-20)14-21(27)24-18-12-10-8-6-4-3-5-7-9-11-13-18/h15,17-19H,3-14,16H2,1-2H3,(H,24,27). The number of carbonyl (C=O) groups excluding carboxylic acids is 1. The SMILES string of the molecule is CC(C)c1cc(=O)n2c(n1)SCC2CC(=O)NC1CCCCCCCCCCC1. The Morgan fingerprint density at radius 2 is 1.69 bits per heavy atom. The van der Waals surface area contributed by atoms with E-state index in [0.29, 0.717) is 6.42 Å². The predicted octanol–water partition coefficient (Wildman–Crippen LogP) is 5.19. The molecule has 1 saturated carbocycles. The van der Waals surface area contributed by atoms with Crippen molar-refractivity contribution in [2.24, 2.45) is 0 Å². The van der Waals surface area contributed by atoms with Crippen LogP contribution in [0.5, 0.6) is 0 Å². The van der Waals surface area contributed by atoms with Crippen LogP contribution in [0.1, 0.15) is 109 Å².